The van der Waals surface area contributed by atoms with Crippen molar-refractivity contribution in [2.75, 3.05) is 5.32 Å². The molecule has 1 aliphatic heterocycles. The van der Waals surface area contributed by atoms with Crippen LogP contribution in [0.1, 0.15) is 38.2 Å². The van der Waals surface area contributed by atoms with E-state index in [2.05, 4.69) is 58.5 Å². The fourth-order valence-corrected chi connectivity index (χ4v) is 4.48. The van der Waals surface area contributed by atoms with Gasteiger partial charge in [-0.05, 0) is 55.2 Å². The zero-order valence-corrected chi connectivity index (χ0v) is 16.1. The molecule has 0 bridgehead atoms. The topological polar surface area (TPSA) is 35.8 Å². The van der Waals surface area contributed by atoms with Gasteiger partial charge >= 0.3 is 0 Å². The van der Waals surface area contributed by atoms with Gasteiger partial charge < -0.3 is 5.32 Å². The first-order chi connectivity index (χ1) is 12.1. The van der Waals surface area contributed by atoms with Gasteiger partial charge in [0, 0.05) is 22.9 Å². The smallest absolute Gasteiger partial charge is 0.147 e. The van der Waals surface area contributed by atoms with E-state index in [9.17, 15) is 4.39 Å². The first-order valence-electron chi connectivity index (χ1n) is 9.03. The molecule has 2 nitrogen and oxygen atoms in total. The largest absolute Gasteiger partial charge is 0.379 e. The maximum absolute atomic E-state index is 14.5. The van der Waals surface area contributed by atoms with E-state index in [-0.39, 0.29) is 11.9 Å². The normalized spacial score (nSPS) is 25.8. The van der Waals surface area contributed by atoms with Gasteiger partial charge in [0.05, 0.1) is 11.8 Å². The van der Waals surface area contributed by atoms with Gasteiger partial charge in [-0.2, -0.15) is 5.26 Å². The first-order valence-corrected chi connectivity index (χ1v) is 9.82. The number of allylic oxidation sites excluding steroid dienone is 3. The molecule has 132 valence electrons. The molecule has 0 radical (unpaired) electrons. The Morgan fingerprint density at radius 3 is 2.96 bits per heavy atom. The lowest BCUT2D eigenvalue weighted by Crippen LogP contribution is -2.41. The van der Waals surface area contributed by atoms with Gasteiger partial charge in [0.2, 0.25) is 0 Å². The van der Waals surface area contributed by atoms with Crippen LogP contribution < -0.4 is 5.32 Å². The van der Waals surface area contributed by atoms with Gasteiger partial charge in [0.25, 0.3) is 0 Å². The lowest BCUT2D eigenvalue weighted by molar-refractivity contribution is 0.312. The quantitative estimate of drug-likeness (QED) is 0.654. The van der Waals surface area contributed by atoms with E-state index in [4.69, 9.17) is 5.26 Å². The number of nitrogens with one attached hydrogen (secondary N) is 1. The molecule has 3 rings (SSSR count). The molecule has 2 aliphatic rings. The van der Waals surface area contributed by atoms with Crippen LogP contribution >= 0.6 is 15.9 Å². The van der Waals surface area contributed by atoms with Crippen LogP contribution in [0.3, 0.4) is 0 Å². The number of halogens is 2. The number of nitrogens with zero attached hydrogens (tertiary/aromatic N) is 1. The Kier molecular flexibility index (Phi) is 5.96. The molecule has 0 aromatic heterocycles. The summed E-state index contributed by atoms with van der Waals surface area (Å²) in [7, 11) is 0. The molecule has 0 fully saturated rings. The van der Waals surface area contributed by atoms with E-state index in [0.717, 1.165) is 35.7 Å². The average molecular weight is 403 g/mol. The highest BCUT2D eigenvalue weighted by Crippen LogP contribution is 2.39. The number of hydrogen-bond donors (Lipinski definition) is 1. The fourth-order valence-electron chi connectivity index (χ4n) is 4.00. The highest BCUT2D eigenvalue weighted by Gasteiger charge is 2.34. The van der Waals surface area contributed by atoms with Crippen molar-refractivity contribution in [3.05, 3.63) is 52.3 Å². The Labute approximate surface area is 157 Å². The van der Waals surface area contributed by atoms with Crippen molar-refractivity contribution in [3.63, 3.8) is 0 Å². The number of nitriles is 1. The van der Waals surface area contributed by atoms with Crippen molar-refractivity contribution in [1.29, 1.82) is 5.26 Å². The molecule has 4 atom stereocenters. The van der Waals surface area contributed by atoms with Crippen LogP contribution in [0.15, 0.2) is 40.9 Å². The molecule has 0 saturated heterocycles. The third kappa shape index (κ3) is 4.33. The first kappa shape index (κ1) is 18.2. The second-order valence-electron chi connectivity index (χ2n) is 7.31. The number of rotatable bonds is 5. The summed E-state index contributed by atoms with van der Waals surface area (Å²) in [6.45, 7) is 2.14. The van der Waals surface area contributed by atoms with Crippen LogP contribution in [0, 0.1) is 34.9 Å². The van der Waals surface area contributed by atoms with Gasteiger partial charge in [0.15, 0.2) is 0 Å². The summed E-state index contributed by atoms with van der Waals surface area (Å²) in [6.07, 6.45) is 13.2. The molecular weight excluding hydrogens is 379 g/mol. The van der Waals surface area contributed by atoms with Crippen molar-refractivity contribution in [2.45, 2.75) is 45.1 Å². The maximum Gasteiger partial charge on any atom is 0.147 e. The van der Waals surface area contributed by atoms with Crippen LogP contribution in [-0.2, 0) is 6.42 Å². The number of benzene rings is 1. The molecule has 25 heavy (non-hydrogen) atoms. The van der Waals surface area contributed by atoms with E-state index in [0.29, 0.717) is 29.9 Å². The summed E-state index contributed by atoms with van der Waals surface area (Å²) in [5, 5.41) is 12.4. The summed E-state index contributed by atoms with van der Waals surface area (Å²) in [4.78, 5) is 0. The number of anilines is 1. The lowest BCUT2D eigenvalue weighted by Gasteiger charge is -2.39. The fraction of sp³-hybridized carbons (Fsp3) is 0.476. The molecule has 1 heterocycles. The lowest BCUT2D eigenvalue weighted by atomic mass is 9.75. The van der Waals surface area contributed by atoms with Gasteiger partial charge in [-0.3, -0.25) is 0 Å². The monoisotopic (exact) mass is 402 g/mol. The van der Waals surface area contributed by atoms with E-state index >= 15 is 0 Å². The summed E-state index contributed by atoms with van der Waals surface area (Å²) in [6, 6.07) is 6.07. The molecule has 0 spiro atoms. The predicted molar refractivity (Wildman–Crippen MR) is 104 cm³/mol. The minimum Gasteiger partial charge on any atom is -0.379 e. The molecule has 0 saturated carbocycles. The van der Waals surface area contributed by atoms with Crippen LogP contribution in [0.25, 0.3) is 0 Å². The van der Waals surface area contributed by atoms with E-state index in [1.165, 1.54) is 6.07 Å². The molecule has 4 heteroatoms. The van der Waals surface area contributed by atoms with Crippen LogP contribution in [-0.4, -0.2) is 6.04 Å². The Morgan fingerprint density at radius 2 is 2.24 bits per heavy atom. The second-order valence-corrected chi connectivity index (χ2v) is 8.23. The number of fused-ring (bicyclic) bond motifs is 1. The molecule has 1 aromatic rings. The van der Waals surface area contributed by atoms with E-state index in [1.807, 2.05) is 6.07 Å². The van der Waals surface area contributed by atoms with Crippen molar-refractivity contribution in [1.82, 2.24) is 0 Å². The molecule has 0 amide bonds. The zero-order chi connectivity index (χ0) is 17.8. The van der Waals surface area contributed by atoms with Gasteiger partial charge in [-0.25, -0.2) is 4.39 Å². The van der Waals surface area contributed by atoms with Crippen LogP contribution in [0.4, 0.5) is 10.1 Å². The van der Waals surface area contributed by atoms with Gasteiger partial charge in [0.1, 0.15) is 5.82 Å². The molecular formula is C21H24BrFN2. The summed E-state index contributed by atoms with van der Waals surface area (Å²) in [5.74, 6) is 1.06. The van der Waals surface area contributed by atoms with Gasteiger partial charge in [-0.1, -0.05) is 47.2 Å². The summed E-state index contributed by atoms with van der Waals surface area (Å²) in [5.41, 5.74) is 1.72. The Balaban J connectivity index is 1.82. The molecule has 1 aromatic carbocycles. The van der Waals surface area contributed by atoms with Crippen LogP contribution in [0.5, 0.6) is 0 Å². The minimum atomic E-state index is -0.180. The highest BCUT2D eigenvalue weighted by atomic mass is 79.9. The summed E-state index contributed by atoms with van der Waals surface area (Å²) >= 11 is 3.41. The molecule has 1 unspecified atom stereocenters. The van der Waals surface area contributed by atoms with Crippen molar-refractivity contribution in [3.8, 4) is 6.07 Å². The third-order valence-electron chi connectivity index (χ3n) is 5.38. The Hall–Kier alpha value is -1.60. The molecule has 1 aliphatic carbocycles. The predicted octanol–water partition coefficient (Wildman–Crippen LogP) is 6.00. The Bertz CT molecular complexity index is 719. The number of hydrogen-bond acceptors (Lipinski definition) is 2. The van der Waals surface area contributed by atoms with Crippen molar-refractivity contribution in [2.24, 2.45) is 17.8 Å². The van der Waals surface area contributed by atoms with Crippen LogP contribution in [0.2, 0.25) is 0 Å². The molecule has 1 N–H and O–H groups in total. The minimum absolute atomic E-state index is 0.180. The van der Waals surface area contributed by atoms with Crippen molar-refractivity contribution >= 4 is 21.6 Å². The third-order valence-corrected chi connectivity index (χ3v) is 5.84. The second kappa shape index (κ2) is 8.19. The zero-order valence-electron chi connectivity index (χ0n) is 14.5. The standard InChI is InChI=1S/C21H24BrFN2/c1-14(9-10-24)7-8-16-11-17-12-18(22)13-19(23)21(17)25-20(16)15-5-3-2-4-6-15/h2-5,12-16,20,25H,6-9,11H2,1H3/t14-,15?,16-,20+/m1/s1. The van der Waals surface area contributed by atoms with Crippen molar-refractivity contribution < 1.29 is 4.39 Å². The Morgan fingerprint density at radius 1 is 1.40 bits per heavy atom. The summed E-state index contributed by atoms with van der Waals surface area (Å²) < 4.78 is 15.2. The highest BCUT2D eigenvalue weighted by molar-refractivity contribution is 9.10. The van der Waals surface area contributed by atoms with E-state index < -0.39 is 0 Å². The average Bonchev–Trinajstić information content (AvgIpc) is 2.60. The van der Waals surface area contributed by atoms with E-state index in [1.54, 1.807) is 0 Å². The maximum atomic E-state index is 14.5. The van der Waals surface area contributed by atoms with Gasteiger partial charge in [-0.15, -0.1) is 0 Å². The SMILES string of the molecule is C[C@@H](CC#N)CC[C@@H]1Cc2cc(Br)cc(F)c2N[C@H]1C1C=CC=CC1.